The van der Waals surface area contributed by atoms with Crippen molar-refractivity contribution in [3.63, 3.8) is 0 Å². The lowest BCUT2D eigenvalue weighted by atomic mass is 10.2. The molecule has 0 saturated carbocycles. The monoisotopic (exact) mass is 373 g/mol. The maximum atomic E-state index is 5.92. The first-order chi connectivity index (χ1) is 12.3. The van der Waals surface area contributed by atoms with Crippen molar-refractivity contribution in [1.82, 2.24) is 15.2 Å². The highest BCUT2D eigenvalue weighted by Crippen LogP contribution is 2.27. The molecule has 1 saturated heterocycles. The second-order valence-electron chi connectivity index (χ2n) is 6.49. The number of hydrogen-bond acceptors (Lipinski definition) is 6. The summed E-state index contributed by atoms with van der Waals surface area (Å²) in [5, 5.41) is 11.1. The van der Waals surface area contributed by atoms with Gasteiger partial charge in [0.2, 0.25) is 0 Å². The Bertz CT molecular complexity index is 787. The number of thiazole rings is 1. The van der Waals surface area contributed by atoms with Crippen LogP contribution in [0.25, 0.3) is 10.6 Å². The zero-order valence-corrected chi connectivity index (χ0v) is 16.0. The molecule has 0 bridgehead atoms. The molecule has 1 aliphatic heterocycles. The predicted octanol–water partition coefficient (Wildman–Crippen LogP) is 4.70. The molecule has 1 N–H and O–H groups in total. The molecule has 0 spiro atoms. The van der Waals surface area contributed by atoms with E-state index in [4.69, 9.17) is 9.40 Å². The maximum Gasteiger partial charge on any atom is 0.124 e. The summed E-state index contributed by atoms with van der Waals surface area (Å²) in [4.78, 5) is 7.28. The normalized spacial score (nSPS) is 16.5. The third kappa shape index (κ3) is 4.03. The van der Waals surface area contributed by atoms with Gasteiger partial charge < -0.3 is 9.73 Å². The fourth-order valence-electron chi connectivity index (χ4n) is 3.34. The minimum Gasteiger partial charge on any atom is -0.465 e. The minimum absolute atomic E-state index is 0.311. The Balaban J connectivity index is 1.38. The Morgan fingerprint density at radius 2 is 2.12 bits per heavy atom. The molecule has 132 valence electrons. The average molecular weight is 374 g/mol. The van der Waals surface area contributed by atoms with Crippen LogP contribution in [-0.4, -0.2) is 29.5 Å². The van der Waals surface area contributed by atoms with Gasteiger partial charge in [0.05, 0.1) is 11.7 Å². The number of aromatic nitrogens is 1. The number of thiophene rings is 1. The second-order valence-corrected chi connectivity index (χ2v) is 8.13. The molecule has 0 amide bonds. The van der Waals surface area contributed by atoms with Crippen molar-refractivity contribution in [1.29, 1.82) is 0 Å². The summed E-state index contributed by atoms with van der Waals surface area (Å²) < 4.78 is 5.92. The van der Waals surface area contributed by atoms with Gasteiger partial charge in [-0.1, -0.05) is 0 Å². The number of nitrogens with zero attached hydrogens (tertiary/aromatic N) is 2. The molecule has 1 fully saturated rings. The summed E-state index contributed by atoms with van der Waals surface area (Å²) in [5.74, 6) is 2.06. The van der Waals surface area contributed by atoms with Gasteiger partial charge in [0.1, 0.15) is 16.5 Å². The first kappa shape index (κ1) is 17.0. The van der Waals surface area contributed by atoms with E-state index in [2.05, 4.69) is 44.6 Å². The van der Waals surface area contributed by atoms with Gasteiger partial charge in [-0.15, -0.1) is 11.3 Å². The van der Waals surface area contributed by atoms with E-state index in [1.54, 1.807) is 22.7 Å². The predicted molar refractivity (Wildman–Crippen MR) is 104 cm³/mol. The number of likely N-dealkylation sites (tertiary alicyclic amines) is 1. The quantitative estimate of drug-likeness (QED) is 0.652. The molecule has 1 aliphatic rings. The molecule has 4 rings (SSSR count). The van der Waals surface area contributed by atoms with Crippen LogP contribution >= 0.6 is 22.7 Å². The van der Waals surface area contributed by atoms with E-state index in [1.165, 1.54) is 18.4 Å². The third-order valence-corrected chi connectivity index (χ3v) is 6.26. The Kier molecular flexibility index (Phi) is 5.31. The molecule has 0 radical (unpaired) electrons. The van der Waals surface area contributed by atoms with E-state index >= 15 is 0 Å². The van der Waals surface area contributed by atoms with Crippen LogP contribution in [0.4, 0.5) is 0 Å². The summed E-state index contributed by atoms with van der Waals surface area (Å²) in [5.41, 5.74) is 2.34. The molecule has 4 heterocycles. The minimum atomic E-state index is 0.311. The van der Waals surface area contributed by atoms with Crippen molar-refractivity contribution in [2.24, 2.45) is 0 Å². The van der Waals surface area contributed by atoms with Crippen LogP contribution in [0.1, 0.15) is 36.1 Å². The van der Waals surface area contributed by atoms with Crippen molar-refractivity contribution in [3.05, 3.63) is 51.6 Å². The fraction of sp³-hybridized carbons (Fsp3) is 0.421. The van der Waals surface area contributed by atoms with Crippen molar-refractivity contribution in [2.45, 2.75) is 32.4 Å². The first-order valence-electron chi connectivity index (χ1n) is 8.77. The third-order valence-electron chi connectivity index (χ3n) is 4.63. The Hall–Kier alpha value is -1.47. The van der Waals surface area contributed by atoms with Gasteiger partial charge in [-0.2, -0.15) is 11.3 Å². The standard InChI is InChI=1S/C19H23N3OS2/c1-14-4-5-18(23-14)17(22-7-2-3-8-22)11-20-10-16-13-25-19(21-16)15-6-9-24-12-15/h4-6,9,12-13,17,20H,2-3,7-8,10-11H2,1H3. The van der Waals surface area contributed by atoms with E-state index in [0.29, 0.717) is 6.04 Å². The Labute approximate surface area is 156 Å². The zero-order chi connectivity index (χ0) is 17.1. The summed E-state index contributed by atoms with van der Waals surface area (Å²) in [7, 11) is 0. The van der Waals surface area contributed by atoms with Crippen molar-refractivity contribution in [2.75, 3.05) is 19.6 Å². The molecule has 1 unspecified atom stereocenters. The van der Waals surface area contributed by atoms with Gasteiger partial charge in [0.15, 0.2) is 0 Å². The van der Waals surface area contributed by atoms with Gasteiger partial charge in [-0.3, -0.25) is 4.90 Å². The SMILES string of the molecule is Cc1ccc(C(CNCc2csc(-c3ccsc3)n2)N2CCCC2)o1. The van der Waals surface area contributed by atoms with E-state index in [9.17, 15) is 0 Å². The van der Waals surface area contributed by atoms with Crippen LogP contribution in [0.2, 0.25) is 0 Å². The number of rotatable bonds is 7. The van der Waals surface area contributed by atoms with Gasteiger partial charge in [0, 0.05) is 29.4 Å². The largest absolute Gasteiger partial charge is 0.465 e. The van der Waals surface area contributed by atoms with Gasteiger partial charge >= 0.3 is 0 Å². The molecule has 3 aromatic heterocycles. The number of aryl methyl sites for hydroxylation is 1. The summed E-state index contributed by atoms with van der Waals surface area (Å²) in [6.07, 6.45) is 2.57. The highest BCUT2D eigenvalue weighted by atomic mass is 32.1. The summed E-state index contributed by atoms with van der Waals surface area (Å²) >= 11 is 3.43. The number of hydrogen-bond donors (Lipinski definition) is 1. The maximum absolute atomic E-state index is 5.92. The molecule has 0 aromatic carbocycles. The molecule has 3 aromatic rings. The van der Waals surface area contributed by atoms with Crippen molar-refractivity contribution < 1.29 is 4.42 Å². The van der Waals surface area contributed by atoms with Crippen LogP contribution in [0.5, 0.6) is 0 Å². The van der Waals surface area contributed by atoms with Gasteiger partial charge in [0.25, 0.3) is 0 Å². The molecule has 4 nitrogen and oxygen atoms in total. The number of furan rings is 1. The highest BCUT2D eigenvalue weighted by Gasteiger charge is 2.25. The smallest absolute Gasteiger partial charge is 0.124 e. The molecule has 25 heavy (non-hydrogen) atoms. The van der Waals surface area contributed by atoms with E-state index in [0.717, 1.165) is 48.4 Å². The lowest BCUT2D eigenvalue weighted by Crippen LogP contribution is -2.33. The molecule has 0 aliphatic carbocycles. The van der Waals surface area contributed by atoms with Crippen LogP contribution in [-0.2, 0) is 6.54 Å². The van der Waals surface area contributed by atoms with Crippen LogP contribution in [0.15, 0.2) is 38.8 Å². The Morgan fingerprint density at radius 1 is 1.24 bits per heavy atom. The fourth-order valence-corrected chi connectivity index (χ4v) is 4.87. The molecular weight excluding hydrogens is 350 g/mol. The van der Waals surface area contributed by atoms with Crippen LogP contribution in [0, 0.1) is 6.92 Å². The molecular formula is C19H23N3OS2. The summed E-state index contributed by atoms with van der Waals surface area (Å²) in [6.45, 7) is 6.01. The molecule has 1 atom stereocenters. The average Bonchev–Trinajstić information content (AvgIpc) is 3.38. The topological polar surface area (TPSA) is 41.3 Å². The van der Waals surface area contributed by atoms with Crippen LogP contribution in [0.3, 0.4) is 0 Å². The van der Waals surface area contributed by atoms with Gasteiger partial charge in [-0.05, 0) is 56.4 Å². The Morgan fingerprint density at radius 3 is 2.84 bits per heavy atom. The first-order valence-corrected chi connectivity index (χ1v) is 10.6. The van der Waals surface area contributed by atoms with E-state index in [-0.39, 0.29) is 0 Å². The van der Waals surface area contributed by atoms with Gasteiger partial charge in [-0.25, -0.2) is 4.98 Å². The van der Waals surface area contributed by atoms with E-state index in [1.807, 2.05) is 6.92 Å². The second kappa shape index (κ2) is 7.83. The highest BCUT2D eigenvalue weighted by molar-refractivity contribution is 7.14. The van der Waals surface area contributed by atoms with E-state index < -0.39 is 0 Å². The van der Waals surface area contributed by atoms with Crippen molar-refractivity contribution in [3.8, 4) is 10.6 Å². The lowest BCUT2D eigenvalue weighted by Gasteiger charge is -2.26. The zero-order valence-electron chi connectivity index (χ0n) is 14.4. The molecule has 6 heteroatoms. The lowest BCUT2D eigenvalue weighted by molar-refractivity contribution is 0.207. The number of nitrogens with one attached hydrogen (secondary N) is 1. The summed E-state index contributed by atoms with van der Waals surface area (Å²) in [6, 6.07) is 6.62. The van der Waals surface area contributed by atoms with Crippen LogP contribution < -0.4 is 5.32 Å². The van der Waals surface area contributed by atoms with Crippen molar-refractivity contribution >= 4 is 22.7 Å².